The second-order valence-electron chi connectivity index (χ2n) is 4.12. The molecule has 0 aliphatic rings. The maximum atomic E-state index is 12.3. The van der Waals surface area contributed by atoms with Gasteiger partial charge in [-0.05, 0) is 12.1 Å². The zero-order valence-electron chi connectivity index (χ0n) is 11.6. The number of halogens is 1. The van der Waals surface area contributed by atoms with Crippen molar-refractivity contribution in [2.45, 2.75) is 5.03 Å². The van der Waals surface area contributed by atoms with Crippen LogP contribution in [0.3, 0.4) is 0 Å². The summed E-state index contributed by atoms with van der Waals surface area (Å²) in [5.41, 5.74) is 0.235. The second kappa shape index (κ2) is 5.82. The summed E-state index contributed by atoms with van der Waals surface area (Å²) in [6.45, 7) is 0. The quantitative estimate of drug-likeness (QED) is 0.904. The van der Waals surface area contributed by atoms with Gasteiger partial charge in [-0.2, -0.15) is 8.42 Å². The van der Waals surface area contributed by atoms with Crippen molar-refractivity contribution in [1.82, 2.24) is 9.55 Å². The van der Waals surface area contributed by atoms with E-state index < -0.39 is 10.0 Å². The predicted molar refractivity (Wildman–Crippen MR) is 78.6 cm³/mol. The lowest BCUT2D eigenvalue weighted by molar-refractivity contribution is 0.405. The van der Waals surface area contributed by atoms with Gasteiger partial charge in [0, 0.05) is 13.1 Å². The van der Waals surface area contributed by atoms with Crippen molar-refractivity contribution >= 4 is 27.3 Å². The number of ether oxygens (including phenoxy) is 2. The van der Waals surface area contributed by atoms with E-state index in [1.54, 1.807) is 19.2 Å². The fraction of sp³-hybridized carbons (Fsp3) is 0.250. The van der Waals surface area contributed by atoms with Crippen molar-refractivity contribution < 1.29 is 17.9 Å². The summed E-state index contributed by atoms with van der Waals surface area (Å²) in [7, 11) is 0.587. The second-order valence-corrected chi connectivity index (χ2v) is 6.08. The Bertz CT molecular complexity index is 758. The Balaban J connectivity index is 2.43. The van der Waals surface area contributed by atoms with E-state index in [-0.39, 0.29) is 15.9 Å². The number of aromatic nitrogens is 2. The summed E-state index contributed by atoms with van der Waals surface area (Å²) in [5.74, 6) is 0.840. The Morgan fingerprint density at radius 1 is 1.29 bits per heavy atom. The van der Waals surface area contributed by atoms with Gasteiger partial charge in [0.15, 0.2) is 0 Å². The first kappa shape index (κ1) is 15.5. The van der Waals surface area contributed by atoms with Gasteiger partial charge in [-0.3, -0.25) is 4.72 Å². The molecule has 1 aromatic carbocycles. The Labute approximate surface area is 127 Å². The number of nitrogens with one attached hydrogen (secondary N) is 1. The summed E-state index contributed by atoms with van der Waals surface area (Å²) >= 11 is 5.92. The molecule has 114 valence electrons. The molecule has 7 nitrogen and oxygen atoms in total. The molecule has 0 fully saturated rings. The first-order valence-electron chi connectivity index (χ1n) is 5.80. The van der Waals surface area contributed by atoms with Crippen molar-refractivity contribution in [3.05, 3.63) is 29.7 Å². The average Bonchev–Trinajstić information content (AvgIpc) is 2.79. The number of methoxy groups -OCH3 is 2. The molecule has 0 spiro atoms. The van der Waals surface area contributed by atoms with Gasteiger partial charge in [0.1, 0.15) is 16.7 Å². The first-order valence-corrected chi connectivity index (χ1v) is 7.67. The molecule has 1 aromatic heterocycles. The number of rotatable bonds is 5. The molecular weight excluding hydrogens is 318 g/mol. The molecule has 21 heavy (non-hydrogen) atoms. The van der Waals surface area contributed by atoms with E-state index in [1.807, 2.05) is 0 Å². The summed E-state index contributed by atoms with van der Waals surface area (Å²) < 4.78 is 38.7. The van der Waals surface area contributed by atoms with E-state index in [1.165, 1.54) is 31.2 Å². The molecule has 1 heterocycles. The molecule has 0 unspecified atom stereocenters. The van der Waals surface area contributed by atoms with Gasteiger partial charge in [0.2, 0.25) is 5.03 Å². The number of benzene rings is 1. The van der Waals surface area contributed by atoms with Gasteiger partial charge < -0.3 is 14.0 Å². The standard InChI is InChI=1S/C12H14ClN3O4S/c1-16-7-14-12(11(16)13)21(17,18)15-9-6-8(19-2)4-5-10(9)20-3/h4-7,15H,1-3H3. The number of nitrogens with zero attached hydrogens (tertiary/aromatic N) is 2. The molecular formula is C12H14ClN3O4S. The molecule has 0 aliphatic heterocycles. The fourth-order valence-electron chi connectivity index (χ4n) is 1.66. The van der Waals surface area contributed by atoms with E-state index in [9.17, 15) is 8.42 Å². The van der Waals surface area contributed by atoms with Crippen LogP contribution >= 0.6 is 11.6 Å². The van der Waals surface area contributed by atoms with Gasteiger partial charge in [-0.15, -0.1) is 0 Å². The Morgan fingerprint density at radius 3 is 2.52 bits per heavy atom. The molecule has 0 amide bonds. The van der Waals surface area contributed by atoms with Crippen molar-refractivity contribution in [3.8, 4) is 11.5 Å². The summed E-state index contributed by atoms with van der Waals surface area (Å²) in [5, 5.41) is -0.235. The number of hydrogen-bond acceptors (Lipinski definition) is 5. The van der Waals surface area contributed by atoms with Crippen molar-refractivity contribution in [2.75, 3.05) is 18.9 Å². The van der Waals surface area contributed by atoms with Crippen molar-refractivity contribution in [2.24, 2.45) is 7.05 Å². The molecule has 0 atom stereocenters. The molecule has 2 aromatic rings. The molecule has 0 saturated carbocycles. The van der Waals surface area contributed by atoms with Crippen LogP contribution in [-0.2, 0) is 17.1 Å². The fourth-order valence-corrected chi connectivity index (χ4v) is 3.16. The number of sulfonamides is 1. The molecule has 2 rings (SSSR count). The molecule has 0 aliphatic carbocycles. The lowest BCUT2D eigenvalue weighted by Crippen LogP contribution is -2.14. The van der Waals surface area contributed by atoms with E-state index in [0.29, 0.717) is 11.5 Å². The van der Waals surface area contributed by atoms with Gasteiger partial charge in [-0.1, -0.05) is 11.6 Å². The molecule has 1 N–H and O–H groups in total. The number of anilines is 1. The average molecular weight is 332 g/mol. The predicted octanol–water partition coefficient (Wildman–Crippen LogP) is 1.89. The third-order valence-electron chi connectivity index (χ3n) is 2.74. The lowest BCUT2D eigenvalue weighted by atomic mass is 10.3. The normalized spacial score (nSPS) is 11.2. The monoisotopic (exact) mass is 331 g/mol. The Kier molecular flexibility index (Phi) is 4.29. The van der Waals surface area contributed by atoms with E-state index >= 15 is 0 Å². The number of imidazole rings is 1. The van der Waals surface area contributed by atoms with Crippen LogP contribution in [0.25, 0.3) is 0 Å². The first-order chi connectivity index (χ1) is 9.89. The van der Waals surface area contributed by atoms with E-state index in [4.69, 9.17) is 21.1 Å². The van der Waals surface area contributed by atoms with Gasteiger partial charge in [0.25, 0.3) is 10.0 Å². The van der Waals surface area contributed by atoms with Crippen LogP contribution in [-0.4, -0.2) is 32.2 Å². The Morgan fingerprint density at radius 2 is 2.00 bits per heavy atom. The van der Waals surface area contributed by atoms with Crippen LogP contribution in [0.4, 0.5) is 5.69 Å². The zero-order chi connectivity index (χ0) is 15.6. The summed E-state index contributed by atoms with van der Waals surface area (Å²) in [6.07, 6.45) is 1.32. The molecule has 0 bridgehead atoms. The summed E-state index contributed by atoms with van der Waals surface area (Å²) in [6, 6.07) is 4.76. The minimum Gasteiger partial charge on any atom is -0.497 e. The maximum absolute atomic E-state index is 12.3. The molecule has 0 saturated heterocycles. The maximum Gasteiger partial charge on any atom is 0.282 e. The van der Waals surface area contributed by atoms with E-state index in [0.717, 1.165) is 0 Å². The van der Waals surface area contributed by atoms with E-state index in [2.05, 4.69) is 9.71 Å². The largest absolute Gasteiger partial charge is 0.497 e. The minimum atomic E-state index is -3.93. The highest BCUT2D eigenvalue weighted by atomic mass is 35.5. The van der Waals surface area contributed by atoms with Crippen LogP contribution in [0.2, 0.25) is 5.15 Å². The van der Waals surface area contributed by atoms with Crippen LogP contribution in [0.5, 0.6) is 11.5 Å². The highest BCUT2D eigenvalue weighted by molar-refractivity contribution is 7.92. The summed E-state index contributed by atoms with van der Waals surface area (Å²) in [4.78, 5) is 3.79. The van der Waals surface area contributed by atoms with Crippen LogP contribution in [0.15, 0.2) is 29.6 Å². The number of aryl methyl sites for hydroxylation is 1. The van der Waals surface area contributed by atoms with Gasteiger partial charge >= 0.3 is 0 Å². The highest BCUT2D eigenvalue weighted by Gasteiger charge is 2.24. The zero-order valence-corrected chi connectivity index (χ0v) is 13.2. The topological polar surface area (TPSA) is 82.4 Å². The lowest BCUT2D eigenvalue weighted by Gasteiger charge is -2.12. The third kappa shape index (κ3) is 3.06. The minimum absolute atomic E-state index is 0.0179. The number of hydrogen-bond donors (Lipinski definition) is 1. The SMILES string of the molecule is COc1ccc(OC)c(NS(=O)(=O)c2ncn(C)c2Cl)c1. The van der Waals surface area contributed by atoms with Crippen LogP contribution in [0, 0.1) is 0 Å². The van der Waals surface area contributed by atoms with Crippen LogP contribution in [0.1, 0.15) is 0 Å². The smallest absolute Gasteiger partial charge is 0.282 e. The third-order valence-corrected chi connectivity index (χ3v) is 4.59. The van der Waals surface area contributed by atoms with Gasteiger partial charge in [-0.25, -0.2) is 4.98 Å². The van der Waals surface area contributed by atoms with Gasteiger partial charge in [0.05, 0.1) is 26.2 Å². The van der Waals surface area contributed by atoms with Crippen molar-refractivity contribution in [3.63, 3.8) is 0 Å². The Hall–Kier alpha value is -1.93. The molecule has 0 radical (unpaired) electrons. The highest BCUT2D eigenvalue weighted by Crippen LogP contribution is 2.31. The molecule has 9 heteroatoms. The van der Waals surface area contributed by atoms with Crippen molar-refractivity contribution in [1.29, 1.82) is 0 Å². The van der Waals surface area contributed by atoms with Crippen LogP contribution < -0.4 is 14.2 Å².